The van der Waals surface area contributed by atoms with Gasteiger partial charge in [0.05, 0.1) is 11.5 Å². The maximum absolute atomic E-state index is 12.5. The Morgan fingerprint density at radius 3 is 2.63 bits per heavy atom. The molecule has 146 valence electrons. The van der Waals surface area contributed by atoms with Crippen molar-refractivity contribution in [1.29, 1.82) is 0 Å². The SMILES string of the molecule is CCCCCN1C(=O)S/C(=C\c2ccc(OCC(=O)O)c(OCC)c2)C1=O. The van der Waals surface area contributed by atoms with E-state index in [-0.39, 0.29) is 11.1 Å². The van der Waals surface area contributed by atoms with E-state index >= 15 is 0 Å². The van der Waals surface area contributed by atoms with E-state index < -0.39 is 12.6 Å². The normalized spacial score (nSPS) is 15.5. The molecule has 2 rings (SSSR count). The minimum absolute atomic E-state index is 0.256. The molecule has 0 aliphatic carbocycles. The van der Waals surface area contributed by atoms with Crippen molar-refractivity contribution >= 4 is 35.0 Å². The van der Waals surface area contributed by atoms with Gasteiger partial charge in [0.15, 0.2) is 18.1 Å². The third-order valence-corrected chi connectivity index (χ3v) is 4.68. The first-order chi connectivity index (χ1) is 13.0. The van der Waals surface area contributed by atoms with Gasteiger partial charge in [0.25, 0.3) is 11.1 Å². The molecule has 27 heavy (non-hydrogen) atoms. The smallest absolute Gasteiger partial charge is 0.341 e. The van der Waals surface area contributed by atoms with Crippen LogP contribution in [0, 0.1) is 0 Å². The lowest BCUT2D eigenvalue weighted by Crippen LogP contribution is -2.29. The monoisotopic (exact) mass is 393 g/mol. The average Bonchev–Trinajstić information content (AvgIpc) is 2.88. The van der Waals surface area contributed by atoms with Crippen LogP contribution in [0.15, 0.2) is 23.1 Å². The molecule has 1 N–H and O–H groups in total. The number of carboxylic acid groups (broad SMARTS) is 1. The van der Waals surface area contributed by atoms with Crippen molar-refractivity contribution in [1.82, 2.24) is 4.90 Å². The van der Waals surface area contributed by atoms with Crippen molar-refractivity contribution in [2.75, 3.05) is 19.8 Å². The van der Waals surface area contributed by atoms with Gasteiger partial charge in [-0.2, -0.15) is 0 Å². The van der Waals surface area contributed by atoms with E-state index in [9.17, 15) is 14.4 Å². The number of aliphatic carboxylic acids is 1. The summed E-state index contributed by atoms with van der Waals surface area (Å²) in [6.45, 7) is 4.20. The van der Waals surface area contributed by atoms with Crippen LogP contribution < -0.4 is 9.47 Å². The number of amides is 2. The number of thioether (sulfide) groups is 1. The molecule has 1 fully saturated rings. The molecule has 0 atom stereocenters. The number of hydrogen-bond donors (Lipinski definition) is 1. The Kier molecular flexibility index (Phi) is 7.72. The minimum Gasteiger partial charge on any atom is -0.490 e. The zero-order valence-corrected chi connectivity index (χ0v) is 16.2. The third kappa shape index (κ3) is 5.75. The fraction of sp³-hybridized carbons (Fsp3) is 0.421. The van der Waals surface area contributed by atoms with Gasteiger partial charge in [-0.1, -0.05) is 25.8 Å². The van der Waals surface area contributed by atoms with Gasteiger partial charge in [-0.15, -0.1) is 0 Å². The summed E-state index contributed by atoms with van der Waals surface area (Å²) in [5, 5.41) is 8.49. The first-order valence-electron chi connectivity index (χ1n) is 8.83. The molecule has 0 aromatic heterocycles. The maximum Gasteiger partial charge on any atom is 0.341 e. The molecule has 1 aromatic rings. The summed E-state index contributed by atoms with van der Waals surface area (Å²) in [6.07, 6.45) is 4.42. The Labute approximate surface area is 162 Å². The highest BCUT2D eigenvalue weighted by atomic mass is 32.2. The van der Waals surface area contributed by atoms with Gasteiger partial charge in [-0.25, -0.2) is 4.79 Å². The zero-order chi connectivity index (χ0) is 19.8. The molecule has 1 aliphatic rings. The maximum atomic E-state index is 12.5. The zero-order valence-electron chi connectivity index (χ0n) is 15.4. The van der Waals surface area contributed by atoms with Crippen LogP contribution in [-0.2, 0) is 9.59 Å². The van der Waals surface area contributed by atoms with Gasteiger partial charge >= 0.3 is 5.97 Å². The van der Waals surface area contributed by atoms with Gasteiger partial charge in [-0.3, -0.25) is 14.5 Å². The van der Waals surface area contributed by atoms with E-state index in [0.717, 1.165) is 31.0 Å². The molecule has 7 nitrogen and oxygen atoms in total. The Hall–Kier alpha value is -2.48. The summed E-state index contributed by atoms with van der Waals surface area (Å²) in [5.74, 6) is -0.678. The van der Waals surface area contributed by atoms with Crippen LogP contribution in [0.5, 0.6) is 11.5 Å². The summed E-state index contributed by atoms with van der Waals surface area (Å²) in [6, 6.07) is 4.93. The third-order valence-electron chi connectivity index (χ3n) is 3.78. The molecule has 1 aromatic carbocycles. The Morgan fingerprint density at radius 2 is 1.96 bits per heavy atom. The molecule has 1 heterocycles. The molecule has 2 amide bonds. The van der Waals surface area contributed by atoms with E-state index in [1.54, 1.807) is 31.2 Å². The first-order valence-corrected chi connectivity index (χ1v) is 9.64. The number of ether oxygens (including phenoxy) is 2. The summed E-state index contributed by atoms with van der Waals surface area (Å²) < 4.78 is 10.7. The van der Waals surface area contributed by atoms with E-state index in [4.69, 9.17) is 14.6 Å². The second kappa shape index (κ2) is 10.0. The van der Waals surface area contributed by atoms with Gasteiger partial charge in [0.2, 0.25) is 0 Å². The number of carbonyl (C=O) groups excluding carboxylic acids is 2. The van der Waals surface area contributed by atoms with Crippen LogP contribution in [0.2, 0.25) is 0 Å². The van der Waals surface area contributed by atoms with Crippen molar-refractivity contribution in [2.45, 2.75) is 33.1 Å². The predicted molar refractivity (Wildman–Crippen MR) is 103 cm³/mol. The number of carbonyl (C=O) groups is 3. The second-order valence-corrected chi connectivity index (χ2v) is 6.86. The molecular formula is C19H23NO6S. The van der Waals surface area contributed by atoms with Crippen molar-refractivity contribution in [2.24, 2.45) is 0 Å². The second-order valence-electron chi connectivity index (χ2n) is 5.86. The lowest BCUT2D eigenvalue weighted by atomic mass is 10.1. The average molecular weight is 393 g/mol. The number of benzene rings is 1. The molecule has 0 unspecified atom stereocenters. The van der Waals surface area contributed by atoms with Crippen LogP contribution in [-0.4, -0.2) is 46.9 Å². The van der Waals surface area contributed by atoms with Gasteiger partial charge in [0, 0.05) is 6.54 Å². The standard InChI is InChI=1S/C19H23NO6S/c1-3-5-6-9-20-18(23)16(27-19(20)24)11-13-7-8-14(26-12-17(21)22)15(10-13)25-4-2/h7-8,10-11H,3-6,9,12H2,1-2H3,(H,21,22)/b16-11-. The quantitative estimate of drug-likeness (QED) is 0.478. The van der Waals surface area contributed by atoms with E-state index in [1.807, 2.05) is 0 Å². The van der Waals surface area contributed by atoms with E-state index in [2.05, 4.69) is 6.92 Å². The van der Waals surface area contributed by atoms with Crippen molar-refractivity contribution < 1.29 is 29.0 Å². The first kappa shape index (κ1) is 20.8. The van der Waals surface area contributed by atoms with Crippen molar-refractivity contribution in [3.05, 3.63) is 28.7 Å². The van der Waals surface area contributed by atoms with Gasteiger partial charge < -0.3 is 14.6 Å². The molecular weight excluding hydrogens is 370 g/mol. The summed E-state index contributed by atoms with van der Waals surface area (Å²) in [4.78, 5) is 36.9. The lowest BCUT2D eigenvalue weighted by Gasteiger charge is -2.12. The van der Waals surface area contributed by atoms with Crippen LogP contribution in [0.4, 0.5) is 4.79 Å². The van der Waals surface area contributed by atoms with Crippen LogP contribution in [0.25, 0.3) is 6.08 Å². The molecule has 0 bridgehead atoms. The number of imide groups is 1. The number of unbranched alkanes of at least 4 members (excludes halogenated alkanes) is 2. The summed E-state index contributed by atoms with van der Waals surface area (Å²) >= 11 is 0.921. The van der Waals surface area contributed by atoms with Crippen LogP contribution >= 0.6 is 11.8 Å². The summed E-state index contributed by atoms with van der Waals surface area (Å²) in [7, 11) is 0. The summed E-state index contributed by atoms with van der Waals surface area (Å²) in [5.41, 5.74) is 0.667. The molecule has 8 heteroatoms. The highest BCUT2D eigenvalue weighted by molar-refractivity contribution is 8.18. The fourth-order valence-corrected chi connectivity index (χ4v) is 3.37. The number of carboxylic acids is 1. The Bertz CT molecular complexity index is 746. The molecule has 1 saturated heterocycles. The van der Waals surface area contributed by atoms with Gasteiger partial charge in [0.1, 0.15) is 0 Å². The van der Waals surface area contributed by atoms with Crippen molar-refractivity contribution in [3.8, 4) is 11.5 Å². The van der Waals surface area contributed by atoms with Crippen LogP contribution in [0.3, 0.4) is 0 Å². The largest absolute Gasteiger partial charge is 0.490 e. The van der Waals surface area contributed by atoms with Crippen molar-refractivity contribution in [3.63, 3.8) is 0 Å². The minimum atomic E-state index is -1.08. The Balaban J connectivity index is 2.17. The Morgan fingerprint density at radius 1 is 1.19 bits per heavy atom. The number of nitrogens with zero attached hydrogens (tertiary/aromatic N) is 1. The van der Waals surface area contributed by atoms with E-state index in [0.29, 0.717) is 35.1 Å². The van der Waals surface area contributed by atoms with E-state index in [1.165, 1.54) is 4.90 Å². The molecule has 0 radical (unpaired) electrons. The number of rotatable bonds is 10. The highest BCUT2D eigenvalue weighted by Crippen LogP contribution is 2.34. The molecule has 0 saturated carbocycles. The van der Waals surface area contributed by atoms with Gasteiger partial charge in [-0.05, 0) is 48.9 Å². The van der Waals surface area contributed by atoms with Crippen LogP contribution in [0.1, 0.15) is 38.7 Å². The highest BCUT2D eigenvalue weighted by Gasteiger charge is 2.34. The predicted octanol–water partition coefficient (Wildman–Crippen LogP) is 3.78. The number of hydrogen-bond acceptors (Lipinski definition) is 6. The molecule has 0 spiro atoms. The fourth-order valence-electron chi connectivity index (χ4n) is 2.51. The molecule has 1 aliphatic heterocycles. The topological polar surface area (TPSA) is 93.1 Å². The lowest BCUT2D eigenvalue weighted by molar-refractivity contribution is -0.139.